The van der Waals surface area contributed by atoms with E-state index in [4.69, 9.17) is 0 Å². The largest absolute Gasteiger partial charge is 0.275 e. The van der Waals surface area contributed by atoms with E-state index in [9.17, 15) is 9.18 Å². The minimum absolute atomic E-state index is 0.288. The monoisotopic (exact) mass is 384 g/mol. The number of hydrogen-bond acceptors (Lipinski definition) is 3. The maximum absolute atomic E-state index is 13.7. The minimum Gasteiger partial charge on any atom is -0.267 e. The van der Waals surface area contributed by atoms with Crippen molar-refractivity contribution in [3.05, 3.63) is 108 Å². The van der Waals surface area contributed by atoms with E-state index in [1.54, 1.807) is 29.1 Å². The van der Waals surface area contributed by atoms with Gasteiger partial charge in [0.25, 0.3) is 5.91 Å². The number of rotatable bonds is 5. The minimum atomic E-state index is -0.432. The first-order valence-electron chi connectivity index (χ1n) is 9.01. The Labute approximate surface area is 167 Å². The summed E-state index contributed by atoms with van der Waals surface area (Å²) in [5.74, 6) is -0.842. The predicted octanol–water partition coefficient (Wildman–Crippen LogP) is 4.44. The molecule has 4 aromatic rings. The van der Waals surface area contributed by atoms with E-state index in [-0.39, 0.29) is 5.56 Å². The van der Waals surface area contributed by atoms with E-state index in [1.165, 1.54) is 12.3 Å². The molecule has 29 heavy (non-hydrogen) atoms. The molecular formula is C23H17FN4O. The van der Waals surface area contributed by atoms with Crippen LogP contribution < -0.4 is 5.43 Å². The Balaban J connectivity index is 1.65. The first-order chi connectivity index (χ1) is 14.2. The second-order valence-electron chi connectivity index (χ2n) is 6.26. The van der Waals surface area contributed by atoms with Gasteiger partial charge in [0.2, 0.25) is 0 Å². The fraction of sp³-hybridized carbons (Fsp3) is 0. The SMILES string of the molecule is O=C(N/N=C\c1ccccc1F)c1cn(-c2ccccc2)nc1-c1ccccc1. The number of amides is 1. The third-order valence-corrected chi connectivity index (χ3v) is 4.30. The summed E-state index contributed by atoms with van der Waals surface area (Å²) in [7, 11) is 0. The molecule has 0 bridgehead atoms. The van der Waals surface area contributed by atoms with Crippen molar-refractivity contribution in [1.29, 1.82) is 0 Å². The number of nitrogens with zero attached hydrogens (tertiary/aromatic N) is 3. The maximum Gasteiger partial charge on any atom is 0.275 e. The summed E-state index contributed by atoms with van der Waals surface area (Å²) in [6.07, 6.45) is 2.93. The Hall–Kier alpha value is -4.06. The molecule has 0 fully saturated rings. The lowest BCUT2D eigenvalue weighted by molar-refractivity contribution is 0.0955. The van der Waals surface area contributed by atoms with E-state index in [0.29, 0.717) is 11.3 Å². The summed E-state index contributed by atoms with van der Waals surface area (Å²) in [5.41, 5.74) is 5.29. The average molecular weight is 384 g/mol. The van der Waals surface area contributed by atoms with Crippen LogP contribution in [0.15, 0.2) is 96.2 Å². The highest BCUT2D eigenvalue weighted by molar-refractivity contribution is 6.00. The molecule has 6 heteroatoms. The maximum atomic E-state index is 13.7. The Kier molecular flexibility index (Phi) is 5.25. The second-order valence-corrected chi connectivity index (χ2v) is 6.26. The van der Waals surface area contributed by atoms with Crippen molar-refractivity contribution < 1.29 is 9.18 Å². The molecule has 4 rings (SSSR count). The zero-order valence-corrected chi connectivity index (χ0v) is 15.4. The van der Waals surface area contributed by atoms with Gasteiger partial charge in [-0.2, -0.15) is 10.2 Å². The summed E-state index contributed by atoms with van der Waals surface area (Å²) >= 11 is 0. The zero-order valence-electron chi connectivity index (χ0n) is 15.4. The molecule has 5 nitrogen and oxygen atoms in total. The Bertz CT molecular complexity index is 1150. The van der Waals surface area contributed by atoms with Gasteiger partial charge in [-0.15, -0.1) is 0 Å². The van der Waals surface area contributed by atoms with E-state index < -0.39 is 11.7 Å². The van der Waals surface area contributed by atoms with E-state index in [1.807, 2.05) is 60.7 Å². The van der Waals surface area contributed by atoms with E-state index >= 15 is 0 Å². The van der Waals surface area contributed by atoms with Gasteiger partial charge in [-0.05, 0) is 18.2 Å². The molecule has 0 unspecified atom stereocenters. The Morgan fingerprint density at radius 2 is 1.59 bits per heavy atom. The average Bonchev–Trinajstić information content (AvgIpc) is 3.22. The molecule has 0 aliphatic rings. The van der Waals surface area contributed by atoms with Crippen molar-refractivity contribution >= 4 is 12.1 Å². The molecule has 0 radical (unpaired) electrons. The molecule has 1 N–H and O–H groups in total. The highest BCUT2D eigenvalue weighted by atomic mass is 19.1. The predicted molar refractivity (Wildman–Crippen MR) is 110 cm³/mol. The lowest BCUT2D eigenvalue weighted by Crippen LogP contribution is -2.18. The number of carbonyl (C=O) groups excluding carboxylic acids is 1. The van der Waals surface area contributed by atoms with Crippen LogP contribution in [0.3, 0.4) is 0 Å². The Morgan fingerprint density at radius 3 is 2.31 bits per heavy atom. The van der Waals surface area contributed by atoms with Crippen LogP contribution >= 0.6 is 0 Å². The van der Waals surface area contributed by atoms with Crippen LogP contribution in [0.4, 0.5) is 4.39 Å². The second kappa shape index (κ2) is 8.31. The number of para-hydroxylation sites is 1. The topological polar surface area (TPSA) is 59.3 Å². The summed E-state index contributed by atoms with van der Waals surface area (Å²) in [6, 6.07) is 25.2. The summed E-state index contributed by atoms with van der Waals surface area (Å²) in [6.45, 7) is 0. The normalized spacial score (nSPS) is 10.9. The first kappa shape index (κ1) is 18.3. The van der Waals surface area contributed by atoms with Crippen molar-refractivity contribution in [2.24, 2.45) is 5.10 Å². The number of hydrazone groups is 1. The molecule has 0 aliphatic heterocycles. The quantitative estimate of drug-likeness (QED) is 0.408. The highest BCUT2D eigenvalue weighted by Gasteiger charge is 2.18. The number of nitrogens with one attached hydrogen (secondary N) is 1. The number of carbonyl (C=O) groups is 1. The zero-order chi connectivity index (χ0) is 20.1. The number of halogens is 1. The molecule has 1 amide bonds. The van der Waals surface area contributed by atoms with Crippen LogP contribution in [-0.2, 0) is 0 Å². The van der Waals surface area contributed by atoms with Crippen molar-refractivity contribution in [1.82, 2.24) is 15.2 Å². The van der Waals surface area contributed by atoms with Gasteiger partial charge in [0.1, 0.15) is 11.5 Å². The molecule has 3 aromatic carbocycles. The van der Waals surface area contributed by atoms with Gasteiger partial charge >= 0.3 is 0 Å². The van der Waals surface area contributed by atoms with E-state index in [0.717, 1.165) is 11.3 Å². The summed E-state index contributed by atoms with van der Waals surface area (Å²) in [4.78, 5) is 12.8. The van der Waals surface area contributed by atoms with Gasteiger partial charge in [-0.25, -0.2) is 14.5 Å². The molecule has 0 spiro atoms. The van der Waals surface area contributed by atoms with Crippen LogP contribution in [0.25, 0.3) is 16.9 Å². The third-order valence-electron chi connectivity index (χ3n) is 4.30. The molecule has 1 heterocycles. The van der Waals surface area contributed by atoms with Crippen LogP contribution in [0.5, 0.6) is 0 Å². The van der Waals surface area contributed by atoms with Crippen molar-refractivity contribution in [2.45, 2.75) is 0 Å². The van der Waals surface area contributed by atoms with Gasteiger partial charge in [-0.3, -0.25) is 4.79 Å². The fourth-order valence-electron chi connectivity index (χ4n) is 2.86. The smallest absolute Gasteiger partial charge is 0.267 e. The lowest BCUT2D eigenvalue weighted by Gasteiger charge is -2.01. The van der Waals surface area contributed by atoms with Crippen LogP contribution in [0.1, 0.15) is 15.9 Å². The summed E-state index contributed by atoms with van der Waals surface area (Å²) < 4.78 is 15.3. The standard InChI is InChI=1S/C23H17FN4O/c24-21-14-8-7-11-18(21)15-25-26-23(29)20-16-28(19-12-5-2-6-13-19)27-22(20)17-9-3-1-4-10-17/h1-16H,(H,26,29)/b25-15-. The van der Waals surface area contributed by atoms with Crippen LogP contribution in [-0.4, -0.2) is 21.9 Å². The highest BCUT2D eigenvalue weighted by Crippen LogP contribution is 2.23. The van der Waals surface area contributed by atoms with Gasteiger partial charge in [-0.1, -0.05) is 66.7 Å². The molecule has 0 aliphatic carbocycles. The molecule has 142 valence electrons. The molecule has 0 saturated carbocycles. The first-order valence-corrected chi connectivity index (χ1v) is 9.01. The van der Waals surface area contributed by atoms with E-state index in [2.05, 4.69) is 15.6 Å². The number of aromatic nitrogens is 2. The lowest BCUT2D eigenvalue weighted by atomic mass is 10.1. The Morgan fingerprint density at radius 1 is 0.931 bits per heavy atom. The molecule has 0 atom stereocenters. The van der Waals surface area contributed by atoms with Gasteiger partial charge in [0, 0.05) is 17.3 Å². The van der Waals surface area contributed by atoms with Gasteiger partial charge in [0.05, 0.1) is 17.5 Å². The third kappa shape index (κ3) is 4.11. The van der Waals surface area contributed by atoms with Crippen molar-refractivity contribution in [3.8, 4) is 16.9 Å². The molecule has 0 saturated heterocycles. The number of benzene rings is 3. The van der Waals surface area contributed by atoms with Gasteiger partial charge in [0.15, 0.2) is 0 Å². The number of hydrogen-bond donors (Lipinski definition) is 1. The van der Waals surface area contributed by atoms with Crippen LogP contribution in [0, 0.1) is 5.82 Å². The summed E-state index contributed by atoms with van der Waals surface area (Å²) in [5, 5.41) is 8.49. The molecular weight excluding hydrogens is 367 g/mol. The van der Waals surface area contributed by atoms with Crippen molar-refractivity contribution in [2.75, 3.05) is 0 Å². The fourth-order valence-corrected chi connectivity index (χ4v) is 2.86. The van der Waals surface area contributed by atoms with Crippen LogP contribution in [0.2, 0.25) is 0 Å². The van der Waals surface area contributed by atoms with Crippen molar-refractivity contribution in [3.63, 3.8) is 0 Å². The van der Waals surface area contributed by atoms with Gasteiger partial charge < -0.3 is 0 Å². The molecule has 1 aromatic heterocycles.